The molecular formula is C11H11BrFNO. The van der Waals surface area contributed by atoms with Gasteiger partial charge in [-0.2, -0.15) is 0 Å². The highest BCUT2D eigenvalue weighted by Crippen LogP contribution is 2.30. The minimum atomic E-state index is -0.960. The first-order valence-corrected chi connectivity index (χ1v) is 5.60. The molecule has 15 heavy (non-hydrogen) atoms. The van der Waals surface area contributed by atoms with Crippen LogP contribution in [0.2, 0.25) is 0 Å². The molecular weight excluding hydrogens is 261 g/mol. The topological polar surface area (TPSA) is 29.1 Å². The third-order valence-electron chi connectivity index (χ3n) is 2.69. The molecule has 1 heterocycles. The maximum atomic E-state index is 13.4. The Kier molecular flexibility index (Phi) is 2.78. The number of carbonyl (C=O) groups is 1. The van der Waals surface area contributed by atoms with Crippen molar-refractivity contribution in [3.05, 3.63) is 33.8 Å². The summed E-state index contributed by atoms with van der Waals surface area (Å²) in [6.45, 7) is 1.90. The maximum absolute atomic E-state index is 13.4. The standard InChI is InChI=1S/C11H11BrFNO/c1-6(13)10-5-14-11(15)8-3-2-7(12)4-9(8)10/h2-4,6,10H,5H2,1H3,(H,14,15)/t6-,10?/m0/s1. The number of amides is 1. The quantitative estimate of drug-likeness (QED) is 0.836. The van der Waals surface area contributed by atoms with E-state index in [1.807, 2.05) is 6.07 Å². The molecule has 1 amide bonds. The number of hydrogen-bond acceptors (Lipinski definition) is 1. The van der Waals surface area contributed by atoms with Gasteiger partial charge in [0.05, 0.1) is 0 Å². The van der Waals surface area contributed by atoms with Crippen LogP contribution < -0.4 is 5.32 Å². The van der Waals surface area contributed by atoms with E-state index in [1.54, 1.807) is 12.1 Å². The van der Waals surface area contributed by atoms with Gasteiger partial charge < -0.3 is 5.32 Å². The summed E-state index contributed by atoms with van der Waals surface area (Å²) in [4.78, 5) is 11.5. The van der Waals surface area contributed by atoms with Crippen molar-refractivity contribution in [3.8, 4) is 0 Å². The highest BCUT2D eigenvalue weighted by Gasteiger charge is 2.29. The molecule has 0 saturated heterocycles. The largest absolute Gasteiger partial charge is 0.351 e. The third-order valence-corrected chi connectivity index (χ3v) is 3.19. The number of carbonyl (C=O) groups excluding carboxylic acids is 1. The number of hydrogen-bond donors (Lipinski definition) is 1. The second kappa shape index (κ2) is 3.93. The average Bonchev–Trinajstić information content (AvgIpc) is 2.17. The van der Waals surface area contributed by atoms with Gasteiger partial charge in [-0.3, -0.25) is 4.79 Å². The molecule has 1 aliphatic heterocycles. The molecule has 1 N–H and O–H groups in total. The fraction of sp³-hybridized carbons (Fsp3) is 0.364. The molecule has 0 radical (unpaired) electrons. The van der Waals surface area contributed by atoms with Crippen molar-refractivity contribution < 1.29 is 9.18 Å². The molecule has 0 spiro atoms. The lowest BCUT2D eigenvalue weighted by Crippen LogP contribution is -2.37. The van der Waals surface area contributed by atoms with Crippen molar-refractivity contribution in [1.82, 2.24) is 5.32 Å². The van der Waals surface area contributed by atoms with Crippen LogP contribution >= 0.6 is 15.9 Å². The summed E-state index contributed by atoms with van der Waals surface area (Å²) in [5.74, 6) is -0.357. The molecule has 4 heteroatoms. The summed E-state index contributed by atoms with van der Waals surface area (Å²) in [5, 5.41) is 2.69. The highest BCUT2D eigenvalue weighted by atomic mass is 79.9. The normalized spacial score (nSPS) is 21.8. The van der Waals surface area contributed by atoms with Gasteiger partial charge in [-0.05, 0) is 30.7 Å². The Labute approximate surface area is 96.0 Å². The highest BCUT2D eigenvalue weighted by molar-refractivity contribution is 9.10. The summed E-state index contributed by atoms with van der Waals surface area (Å²) in [5.41, 5.74) is 1.38. The van der Waals surface area contributed by atoms with Gasteiger partial charge in [-0.15, -0.1) is 0 Å². The van der Waals surface area contributed by atoms with Gasteiger partial charge in [0.15, 0.2) is 0 Å². The van der Waals surface area contributed by atoms with E-state index in [0.717, 1.165) is 10.0 Å². The second-order valence-corrected chi connectivity index (χ2v) is 4.64. The molecule has 0 aromatic heterocycles. The lowest BCUT2D eigenvalue weighted by Gasteiger charge is -2.26. The maximum Gasteiger partial charge on any atom is 0.251 e. The first kappa shape index (κ1) is 10.6. The Morgan fingerprint density at radius 3 is 3.00 bits per heavy atom. The second-order valence-electron chi connectivity index (χ2n) is 3.73. The van der Waals surface area contributed by atoms with Crippen molar-refractivity contribution in [2.45, 2.75) is 19.0 Å². The number of halogens is 2. The molecule has 2 atom stereocenters. The zero-order valence-corrected chi connectivity index (χ0v) is 9.84. The Morgan fingerprint density at radius 1 is 1.60 bits per heavy atom. The van der Waals surface area contributed by atoms with Crippen molar-refractivity contribution >= 4 is 21.8 Å². The predicted octanol–water partition coefficient (Wildman–Crippen LogP) is 2.63. The Bertz CT molecular complexity index is 406. The van der Waals surface area contributed by atoms with Crippen LogP contribution in [0.15, 0.2) is 22.7 Å². The molecule has 1 aliphatic rings. The lowest BCUT2D eigenvalue weighted by molar-refractivity contribution is 0.0932. The van der Waals surface area contributed by atoms with E-state index in [2.05, 4.69) is 21.2 Å². The Balaban J connectivity index is 2.51. The van der Waals surface area contributed by atoms with Gasteiger partial charge in [-0.1, -0.05) is 15.9 Å². The fourth-order valence-corrected chi connectivity index (χ4v) is 2.24. The molecule has 1 aromatic carbocycles. The lowest BCUT2D eigenvalue weighted by atomic mass is 9.88. The van der Waals surface area contributed by atoms with Gasteiger partial charge in [0.2, 0.25) is 0 Å². The van der Waals surface area contributed by atoms with Crippen molar-refractivity contribution in [2.75, 3.05) is 6.54 Å². The zero-order chi connectivity index (χ0) is 11.0. The van der Waals surface area contributed by atoms with E-state index in [9.17, 15) is 9.18 Å². The summed E-state index contributed by atoms with van der Waals surface area (Å²) in [6.07, 6.45) is -0.960. The van der Waals surface area contributed by atoms with E-state index >= 15 is 0 Å². The van der Waals surface area contributed by atoms with E-state index in [-0.39, 0.29) is 11.8 Å². The van der Waals surface area contributed by atoms with Crippen LogP contribution in [0.1, 0.15) is 28.8 Å². The molecule has 80 valence electrons. The van der Waals surface area contributed by atoms with E-state index in [1.165, 1.54) is 6.92 Å². The van der Waals surface area contributed by atoms with Gasteiger partial charge >= 0.3 is 0 Å². The first-order valence-electron chi connectivity index (χ1n) is 4.81. The minimum Gasteiger partial charge on any atom is -0.351 e. The van der Waals surface area contributed by atoms with Gasteiger partial charge in [0.1, 0.15) is 6.17 Å². The molecule has 0 fully saturated rings. The van der Waals surface area contributed by atoms with Crippen LogP contribution in [0.4, 0.5) is 4.39 Å². The Hall–Kier alpha value is -0.900. The van der Waals surface area contributed by atoms with Crippen molar-refractivity contribution in [1.29, 1.82) is 0 Å². The zero-order valence-electron chi connectivity index (χ0n) is 8.26. The van der Waals surface area contributed by atoms with Crippen LogP contribution in [0, 0.1) is 0 Å². The average molecular weight is 272 g/mol. The molecule has 0 saturated carbocycles. The summed E-state index contributed by atoms with van der Waals surface area (Å²) in [7, 11) is 0. The van der Waals surface area contributed by atoms with Crippen LogP contribution in [0.5, 0.6) is 0 Å². The number of nitrogens with one attached hydrogen (secondary N) is 1. The fourth-order valence-electron chi connectivity index (χ4n) is 1.86. The van der Waals surface area contributed by atoms with Crippen molar-refractivity contribution in [3.63, 3.8) is 0 Å². The van der Waals surface area contributed by atoms with Crippen LogP contribution in [0.25, 0.3) is 0 Å². The van der Waals surface area contributed by atoms with Crippen LogP contribution in [0.3, 0.4) is 0 Å². The molecule has 0 aliphatic carbocycles. The minimum absolute atomic E-state index is 0.116. The Morgan fingerprint density at radius 2 is 2.33 bits per heavy atom. The number of alkyl halides is 1. The van der Waals surface area contributed by atoms with E-state index < -0.39 is 6.17 Å². The summed E-state index contributed by atoms with van der Waals surface area (Å²) >= 11 is 3.33. The predicted molar refractivity (Wildman–Crippen MR) is 59.8 cm³/mol. The third kappa shape index (κ3) is 1.91. The van der Waals surface area contributed by atoms with Gasteiger partial charge in [-0.25, -0.2) is 4.39 Å². The molecule has 2 nitrogen and oxygen atoms in total. The van der Waals surface area contributed by atoms with Crippen LogP contribution in [-0.4, -0.2) is 18.6 Å². The molecule has 1 aromatic rings. The van der Waals surface area contributed by atoms with Crippen molar-refractivity contribution in [2.24, 2.45) is 0 Å². The summed E-state index contributed by atoms with van der Waals surface area (Å²) < 4.78 is 14.2. The van der Waals surface area contributed by atoms with Crippen LogP contribution in [-0.2, 0) is 0 Å². The SMILES string of the molecule is C[C@H](F)C1CNC(=O)c2ccc(Br)cc21. The van der Waals surface area contributed by atoms with E-state index in [4.69, 9.17) is 0 Å². The molecule has 2 rings (SSSR count). The van der Waals surface area contributed by atoms with E-state index in [0.29, 0.717) is 12.1 Å². The first-order chi connectivity index (χ1) is 7.09. The molecule has 0 bridgehead atoms. The summed E-state index contributed by atoms with van der Waals surface area (Å²) in [6, 6.07) is 5.35. The molecule has 1 unspecified atom stereocenters. The number of fused-ring (bicyclic) bond motifs is 1. The monoisotopic (exact) mass is 271 g/mol. The number of rotatable bonds is 1. The van der Waals surface area contributed by atoms with Gasteiger partial charge in [0, 0.05) is 22.5 Å². The number of benzene rings is 1. The smallest absolute Gasteiger partial charge is 0.251 e. The van der Waals surface area contributed by atoms with Gasteiger partial charge in [0.25, 0.3) is 5.91 Å².